The highest BCUT2D eigenvalue weighted by Crippen LogP contribution is 2.17. The van der Waals surface area contributed by atoms with Gasteiger partial charge in [0.25, 0.3) is 5.91 Å². The van der Waals surface area contributed by atoms with Crippen LogP contribution in [0.1, 0.15) is 36.2 Å². The molecule has 0 aliphatic carbocycles. The van der Waals surface area contributed by atoms with E-state index >= 15 is 0 Å². The van der Waals surface area contributed by atoms with Gasteiger partial charge in [-0.3, -0.25) is 4.79 Å². The molecule has 0 atom stereocenters. The van der Waals surface area contributed by atoms with Crippen LogP contribution >= 0.6 is 0 Å². The van der Waals surface area contributed by atoms with Gasteiger partial charge < -0.3 is 15.3 Å². The molecular formula is C15H24N2O2. The Hall–Kier alpha value is -1.55. The molecule has 106 valence electrons. The first-order valence-corrected chi connectivity index (χ1v) is 6.88. The molecule has 1 aromatic carbocycles. The Bertz CT molecular complexity index is 419. The van der Waals surface area contributed by atoms with Crippen LogP contribution in [0.4, 0.5) is 0 Å². The van der Waals surface area contributed by atoms with Gasteiger partial charge in [0.1, 0.15) is 5.75 Å². The molecule has 0 fully saturated rings. The van der Waals surface area contributed by atoms with Crippen molar-refractivity contribution in [2.45, 2.75) is 27.2 Å². The van der Waals surface area contributed by atoms with E-state index in [1.54, 1.807) is 12.1 Å². The number of hydrogen-bond donors (Lipinski definition) is 2. The van der Waals surface area contributed by atoms with Crippen LogP contribution in [-0.4, -0.2) is 42.1 Å². The van der Waals surface area contributed by atoms with E-state index in [4.69, 9.17) is 0 Å². The van der Waals surface area contributed by atoms with Gasteiger partial charge in [-0.2, -0.15) is 0 Å². The minimum atomic E-state index is -0.218. The van der Waals surface area contributed by atoms with Gasteiger partial charge in [-0.15, -0.1) is 0 Å². The summed E-state index contributed by atoms with van der Waals surface area (Å²) < 4.78 is 0. The Morgan fingerprint density at radius 1 is 1.32 bits per heavy atom. The van der Waals surface area contributed by atoms with Crippen LogP contribution < -0.4 is 5.32 Å². The number of aryl methyl sites for hydroxylation is 1. The zero-order chi connectivity index (χ0) is 14.3. The molecule has 0 saturated carbocycles. The van der Waals surface area contributed by atoms with Crippen LogP contribution in [0.2, 0.25) is 0 Å². The first kappa shape index (κ1) is 15.5. The lowest BCUT2D eigenvalue weighted by molar-refractivity contribution is 0.0946. The fraction of sp³-hybridized carbons (Fsp3) is 0.533. The molecule has 0 spiro atoms. The van der Waals surface area contributed by atoms with E-state index in [2.05, 4.69) is 24.1 Å². The number of likely N-dealkylation sites (N-methyl/N-ethyl adjacent to an activating group) is 1. The summed E-state index contributed by atoms with van der Waals surface area (Å²) in [7, 11) is 0. The molecule has 0 unspecified atom stereocenters. The number of nitrogens with one attached hydrogen (secondary N) is 1. The first-order valence-electron chi connectivity index (χ1n) is 6.88. The lowest BCUT2D eigenvalue weighted by atomic mass is 10.1. The van der Waals surface area contributed by atoms with Crippen molar-refractivity contribution in [3.05, 3.63) is 29.3 Å². The zero-order valence-corrected chi connectivity index (χ0v) is 12.1. The van der Waals surface area contributed by atoms with Crippen molar-refractivity contribution >= 4 is 5.91 Å². The summed E-state index contributed by atoms with van der Waals surface area (Å²) in [5, 5.41) is 12.6. The second-order valence-corrected chi connectivity index (χ2v) is 4.71. The van der Waals surface area contributed by atoms with E-state index in [0.717, 1.165) is 31.6 Å². The largest absolute Gasteiger partial charge is 0.507 e. The maximum absolute atomic E-state index is 11.9. The summed E-state index contributed by atoms with van der Waals surface area (Å²) in [5.41, 5.74) is 1.28. The molecule has 19 heavy (non-hydrogen) atoms. The van der Waals surface area contributed by atoms with Crippen molar-refractivity contribution in [2.75, 3.05) is 26.2 Å². The van der Waals surface area contributed by atoms with Crippen LogP contribution in [0.25, 0.3) is 0 Å². The lowest BCUT2D eigenvalue weighted by Gasteiger charge is -2.19. The molecule has 0 saturated heterocycles. The van der Waals surface area contributed by atoms with Gasteiger partial charge in [-0.1, -0.05) is 19.9 Å². The van der Waals surface area contributed by atoms with Crippen LogP contribution in [0.15, 0.2) is 18.2 Å². The quantitative estimate of drug-likeness (QED) is 0.793. The summed E-state index contributed by atoms with van der Waals surface area (Å²) in [6.07, 6.45) is 1.11. The Morgan fingerprint density at radius 3 is 2.63 bits per heavy atom. The monoisotopic (exact) mass is 264 g/mol. The van der Waals surface area contributed by atoms with E-state index in [0.29, 0.717) is 12.1 Å². The minimum Gasteiger partial charge on any atom is -0.507 e. The summed E-state index contributed by atoms with van der Waals surface area (Å²) >= 11 is 0. The average molecular weight is 264 g/mol. The Labute approximate surface area is 115 Å². The summed E-state index contributed by atoms with van der Waals surface area (Å²) in [5.74, 6) is -0.177. The van der Waals surface area contributed by atoms with Gasteiger partial charge >= 0.3 is 0 Å². The third-order valence-electron chi connectivity index (χ3n) is 3.10. The van der Waals surface area contributed by atoms with Crippen molar-refractivity contribution in [3.8, 4) is 5.75 Å². The van der Waals surface area contributed by atoms with Crippen molar-refractivity contribution in [1.82, 2.24) is 10.2 Å². The summed E-state index contributed by atoms with van der Waals surface area (Å²) in [4.78, 5) is 14.2. The van der Waals surface area contributed by atoms with E-state index < -0.39 is 0 Å². The normalized spacial score (nSPS) is 10.7. The van der Waals surface area contributed by atoms with E-state index in [1.165, 1.54) is 0 Å². The molecule has 0 aliphatic heterocycles. The van der Waals surface area contributed by atoms with Crippen molar-refractivity contribution in [3.63, 3.8) is 0 Å². The average Bonchev–Trinajstić information content (AvgIpc) is 2.37. The molecule has 4 heteroatoms. The SMILES string of the molecule is CCCN(CC)CCNC(=O)c1ccc(C)cc1O. The topological polar surface area (TPSA) is 52.6 Å². The van der Waals surface area contributed by atoms with Crippen molar-refractivity contribution in [2.24, 2.45) is 0 Å². The van der Waals surface area contributed by atoms with Gasteiger partial charge in [0.05, 0.1) is 5.56 Å². The summed E-state index contributed by atoms with van der Waals surface area (Å²) in [6.45, 7) is 9.60. The number of nitrogens with zero attached hydrogens (tertiary/aromatic N) is 1. The molecule has 0 bridgehead atoms. The second kappa shape index (κ2) is 7.79. The highest BCUT2D eigenvalue weighted by atomic mass is 16.3. The molecule has 0 aliphatic rings. The van der Waals surface area contributed by atoms with Crippen molar-refractivity contribution < 1.29 is 9.90 Å². The Morgan fingerprint density at radius 2 is 2.05 bits per heavy atom. The third kappa shape index (κ3) is 4.91. The predicted octanol–water partition coefficient (Wildman–Crippen LogP) is 2.16. The number of phenolic OH excluding ortho intramolecular Hbond substituents is 1. The molecule has 4 nitrogen and oxygen atoms in total. The molecular weight excluding hydrogens is 240 g/mol. The number of amides is 1. The molecule has 0 heterocycles. The fourth-order valence-corrected chi connectivity index (χ4v) is 2.00. The van der Waals surface area contributed by atoms with Crippen LogP contribution in [-0.2, 0) is 0 Å². The van der Waals surface area contributed by atoms with Crippen LogP contribution in [0.5, 0.6) is 5.75 Å². The molecule has 2 N–H and O–H groups in total. The molecule has 1 rings (SSSR count). The van der Waals surface area contributed by atoms with Gasteiger partial charge in [-0.05, 0) is 44.1 Å². The molecule has 0 radical (unpaired) electrons. The number of hydrogen-bond acceptors (Lipinski definition) is 3. The fourth-order valence-electron chi connectivity index (χ4n) is 2.00. The Balaban J connectivity index is 2.47. The maximum Gasteiger partial charge on any atom is 0.255 e. The number of carbonyl (C=O) groups excluding carboxylic acids is 1. The molecule has 1 aromatic rings. The first-order chi connectivity index (χ1) is 9.08. The van der Waals surface area contributed by atoms with Gasteiger partial charge in [0.2, 0.25) is 0 Å². The Kier molecular flexibility index (Phi) is 6.36. The highest BCUT2D eigenvalue weighted by Gasteiger charge is 2.10. The van der Waals surface area contributed by atoms with Gasteiger partial charge in [-0.25, -0.2) is 0 Å². The number of rotatable bonds is 7. The zero-order valence-electron chi connectivity index (χ0n) is 12.1. The highest BCUT2D eigenvalue weighted by molar-refractivity contribution is 5.96. The van der Waals surface area contributed by atoms with Gasteiger partial charge in [0, 0.05) is 13.1 Å². The van der Waals surface area contributed by atoms with Crippen LogP contribution in [0.3, 0.4) is 0 Å². The number of benzene rings is 1. The van der Waals surface area contributed by atoms with Crippen LogP contribution in [0, 0.1) is 6.92 Å². The van der Waals surface area contributed by atoms with Gasteiger partial charge in [0.15, 0.2) is 0 Å². The van der Waals surface area contributed by atoms with Crippen molar-refractivity contribution in [1.29, 1.82) is 0 Å². The molecule has 0 aromatic heterocycles. The van der Waals surface area contributed by atoms with E-state index in [1.807, 2.05) is 13.0 Å². The third-order valence-corrected chi connectivity index (χ3v) is 3.10. The maximum atomic E-state index is 11.9. The van der Waals surface area contributed by atoms with E-state index in [-0.39, 0.29) is 11.7 Å². The number of phenols is 1. The summed E-state index contributed by atoms with van der Waals surface area (Å²) in [6, 6.07) is 5.08. The lowest BCUT2D eigenvalue weighted by Crippen LogP contribution is -2.35. The predicted molar refractivity (Wildman–Crippen MR) is 77.6 cm³/mol. The standard InChI is InChI=1S/C15H24N2O2/c1-4-9-17(5-2)10-8-16-15(19)13-7-6-12(3)11-14(13)18/h6-7,11,18H,4-5,8-10H2,1-3H3,(H,16,19). The second-order valence-electron chi connectivity index (χ2n) is 4.71. The number of aromatic hydroxyl groups is 1. The molecule has 1 amide bonds. The smallest absolute Gasteiger partial charge is 0.255 e. The minimum absolute atomic E-state index is 0.0402. The van der Waals surface area contributed by atoms with E-state index in [9.17, 15) is 9.90 Å². The number of carbonyl (C=O) groups is 1.